The maximum atomic E-state index is 12.6. The highest BCUT2D eigenvalue weighted by Gasteiger charge is 2.52. The van der Waals surface area contributed by atoms with Crippen molar-refractivity contribution in [3.8, 4) is 5.75 Å². The second-order valence-electron chi connectivity index (χ2n) is 3.76. The Labute approximate surface area is 97.0 Å². The van der Waals surface area contributed by atoms with Gasteiger partial charge in [0.1, 0.15) is 5.75 Å². The number of halogens is 3. The van der Waals surface area contributed by atoms with E-state index in [-0.39, 0.29) is 0 Å². The fraction of sp³-hybridized carbons (Fsp3) is 0.455. The molecule has 0 saturated heterocycles. The first-order valence-corrected chi connectivity index (χ1v) is 4.94. The average Bonchev–Trinajstić information content (AvgIpc) is 2.27. The molecule has 0 aromatic heterocycles. The van der Waals surface area contributed by atoms with Crippen LogP contribution in [-0.2, 0) is 6.42 Å². The highest BCUT2D eigenvalue weighted by Crippen LogP contribution is 2.33. The molecule has 0 aliphatic carbocycles. The summed E-state index contributed by atoms with van der Waals surface area (Å²) in [7, 11) is 1.41. The molecule has 96 valence electrons. The van der Waals surface area contributed by atoms with Gasteiger partial charge in [0.2, 0.25) is 0 Å². The van der Waals surface area contributed by atoms with E-state index in [1.807, 2.05) is 0 Å². The largest absolute Gasteiger partial charge is 0.497 e. The zero-order valence-electron chi connectivity index (χ0n) is 9.29. The van der Waals surface area contributed by atoms with Crippen molar-refractivity contribution in [1.29, 1.82) is 0 Å². The number of hydrogen-bond donors (Lipinski definition) is 2. The lowest BCUT2D eigenvalue weighted by Gasteiger charge is -2.29. The SMILES string of the molecule is COc1cccc(CC(O)(CN)C(F)(F)F)c1. The van der Waals surface area contributed by atoms with Crippen molar-refractivity contribution in [3.05, 3.63) is 29.8 Å². The van der Waals surface area contributed by atoms with Crippen LogP contribution in [-0.4, -0.2) is 30.5 Å². The molecule has 17 heavy (non-hydrogen) atoms. The van der Waals surface area contributed by atoms with Crippen LogP contribution < -0.4 is 10.5 Å². The van der Waals surface area contributed by atoms with Gasteiger partial charge in [-0.05, 0) is 17.7 Å². The van der Waals surface area contributed by atoms with Gasteiger partial charge in [-0.25, -0.2) is 0 Å². The van der Waals surface area contributed by atoms with Crippen LogP contribution in [0, 0.1) is 0 Å². The normalized spacial score (nSPS) is 15.4. The van der Waals surface area contributed by atoms with Gasteiger partial charge in [0, 0.05) is 13.0 Å². The lowest BCUT2D eigenvalue weighted by molar-refractivity contribution is -0.255. The Balaban J connectivity index is 2.95. The van der Waals surface area contributed by atoms with Gasteiger partial charge in [-0.2, -0.15) is 13.2 Å². The van der Waals surface area contributed by atoms with E-state index in [0.29, 0.717) is 11.3 Å². The zero-order chi connectivity index (χ0) is 13.1. The molecule has 0 heterocycles. The molecule has 0 spiro atoms. The lowest BCUT2D eigenvalue weighted by Crippen LogP contribution is -2.52. The second-order valence-corrected chi connectivity index (χ2v) is 3.76. The smallest absolute Gasteiger partial charge is 0.418 e. The fourth-order valence-corrected chi connectivity index (χ4v) is 1.41. The quantitative estimate of drug-likeness (QED) is 0.850. The molecule has 1 rings (SSSR count). The first-order chi connectivity index (χ1) is 7.82. The van der Waals surface area contributed by atoms with E-state index in [2.05, 4.69) is 0 Å². The van der Waals surface area contributed by atoms with E-state index in [4.69, 9.17) is 10.5 Å². The third kappa shape index (κ3) is 3.10. The topological polar surface area (TPSA) is 55.5 Å². The maximum Gasteiger partial charge on any atom is 0.418 e. The minimum absolute atomic E-state index is 0.314. The van der Waals surface area contributed by atoms with Gasteiger partial charge in [0.25, 0.3) is 0 Å². The Hall–Kier alpha value is -1.27. The van der Waals surface area contributed by atoms with Crippen LogP contribution >= 0.6 is 0 Å². The molecule has 1 atom stereocenters. The summed E-state index contributed by atoms with van der Waals surface area (Å²) in [5.41, 5.74) is 2.42. The predicted octanol–water partition coefficient (Wildman–Crippen LogP) is 1.49. The highest BCUT2D eigenvalue weighted by atomic mass is 19.4. The molecule has 3 nitrogen and oxygen atoms in total. The number of alkyl halides is 3. The standard InChI is InChI=1S/C11H14F3NO2/c1-17-9-4-2-3-8(5-9)6-10(16,7-15)11(12,13)14/h2-5,16H,6-7,15H2,1H3. The molecule has 0 bridgehead atoms. The molecule has 0 amide bonds. The van der Waals surface area contributed by atoms with Crippen LogP contribution in [0.5, 0.6) is 5.75 Å². The van der Waals surface area contributed by atoms with Crippen molar-refractivity contribution < 1.29 is 23.0 Å². The second kappa shape index (κ2) is 4.93. The molecule has 0 aliphatic rings. The minimum atomic E-state index is -4.76. The molecule has 1 unspecified atom stereocenters. The molecule has 3 N–H and O–H groups in total. The summed E-state index contributed by atoms with van der Waals surface area (Å²) in [5.74, 6) is 0.434. The van der Waals surface area contributed by atoms with Crippen molar-refractivity contribution in [3.63, 3.8) is 0 Å². The number of benzene rings is 1. The van der Waals surface area contributed by atoms with E-state index < -0.39 is 24.7 Å². The number of ether oxygens (including phenoxy) is 1. The summed E-state index contributed by atoms with van der Waals surface area (Å²) in [6, 6.07) is 6.08. The lowest BCUT2D eigenvalue weighted by atomic mass is 9.94. The molecule has 0 aliphatic heterocycles. The summed E-state index contributed by atoms with van der Waals surface area (Å²) in [6.45, 7) is -0.881. The number of hydrogen-bond acceptors (Lipinski definition) is 3. The van der Waals surface area contributed by atoms with Gasteiger partial charge >= 0.3 is 6.18 Å². The van der Waals surface area contributed by atoms with Crippen LogP contribution in [0.15, 0.2) is 24.3 Å². The highest BCUT2D eigenvalue weighted by molar-refractivity contribution is 5.29. The molecule has 6 heteroatoms. The fourth-order valence-electron chi connectivity index (χ4n) is 1.41. The molecule has 0 radical (unpaired) electrons. The third-order valence-electron chi connectivity index (χ3n) is 2.50. The Bertz CT molecular complexity index is 381. The number of methoxy groups -OCH3 is 1. The van der Waals surface area contributed by atoms with Crippen LogP contribution in [0.1, 0.15) is 5.56 Å². The van der Waals surface area contributed by atoms with Crippen molar-refractivity contribution in [2.75, 3.05) is 13.7 Å². The number of aliphatic hydroxyl groups is 1. The summed E-state index contributed by atoms with van der Waals surface area (Å²) < 4.78 is 42.7. The molecular formula is C11H14F3NO2. The minimum Gasteiger partial charge on any atom is -0.497 e. The van der Waals surface area contributed by atoms with Gasteiger partial charge in [-0.15, -0.1) is 0 Å². The van der Waals surface area contributed by atoms with Crippen LogP contribution in [0.4, 0.5) is 13.2 Å². The van der Waals surface area contributed by atoms with Gasteiger partial charge in [0.15, 0.2) is 5.60 Å². The van der Waals surface area contributed by atoms with Crippen LogP contribution in [0.25, 0.3) is 0 Å². The monoisotopic (exact) mass is 249 g/mol. The first-order valence-electron chi connectivity index (χ1n) is 4.94. The Kier molecular flexibility index (Phi) is 4.00. The van der Waals surface area contributed by atoms with E-state index in [1.54, 1.807) is 12.1 Å². The maximum absolute atomic E-state index is 12.6. The summed E-state index contributed by atoms with van der Waals surface area (Å²) >= 11 is 0. The molecule has 0 fully saturated rings. The molecule has 0 saturated carbocycles. The zero-order valence-corrected chi connectivity index (χ0v) is 9.29. The molecule has 1 aromatic carbocycles. The van der Waals surface area contributed by atoms with E-state index >= 15 is 0 Å². The Morgan fingerprint density at radius 1 is 1.35 bits per heavy atom. The summed E-state index contributed by atoms with van der Waals surface area (Å²) in [6.07, 6.45) is -5.35. The number of nitrogens with two attached hydrogens (primary N) is 1. The summed E-state index contributed by atoms with van der Waals surface area (Å²) in [5, 5.41) is 9.48. The van der Waals surface area contributed by atoms with Crippen molar-refractivity contribution in [2.45, 2.75) is 18.2 Å². The van der Waals surface area contributed by atoms with Crippen molar-refractivity contribution >= 4 is 0 Å². The number of rotatable bonds is 4. The van der Waals surface area contributed by atoms with Gasteiger partial charge in [0.05, 0.1) is 7.11 Å². The molecular weight excluding hydrogens is 235 g/mol. The average molecular weight is 249 g/mol. The third-order valence-corrected chi connectivity index (χ3v) is 2.50. The first kappa shape index (κ1) is 13.8. The van der Waals surface area contributed by atoms with Crippen molar-refractivity contribution in [1.82, 2.24) is 0 Å². The van der Waals surface area contributed by atoms with Gasteiger partial charge in [-0.3, -0.25) is 0 Å². The van der Waals surface area contributed by atoms with Gasteiger partial charge < -0.3 is 15.6 Å². The van der Waals surface area contributed by atoms with Gasteiger partial charge in [-0.1, -0.05) is 12.1 Å². The Morgan fingerprint density at radius 3 is 2.47 bits per heavy atom. The molecule has 1 aromatic rings. The van der Waals surface area contributed by atoms with Crippen molar-refractivity contribution in [2.24, 2.45) is 5.73 Å². The Morgan fingerprint density at radius 2 is 2.00 bits per heavy atom. The summed E-state index contributed by atoms with van der Waals surface area (Å²) in [4.78, 5) is 0. The van der Waals surface area contributed by atoms with E-state index in [0.717, 1.165) is 0 Å². The van der Waals surface area contributed by atoms with E-state index in [9.17, 15) is 18.3 Å². The van der Waals surface area contributed by atoms with E-state index in [1.165, 1.54) is 19.2 Å². The van der Waals surface area contributed by atoms with Crippen LogP contribution in [0.2, 0.25) is 0 Å². The predicted molar refractivity (Wildman–Crippen MR) is 56.8 cm³/mol. The van der Waals surface area contributed by atoms with Crippen LogP contribution in [0.3, 0.4) is 0 Å².